The van der Waals surface area contributed by atoms with Crippen molar-refractivity contribution in [2.24, 2.45) is 5.73 Å². The Morgan fingerprint density at radius 3 is 2.71 bits per heavy atom. The minimum absolute atomic E-state index is 0.0136. The summed E-state index contributed by atoms with van der Waals surface area (Å²) in [6, 6.07) is 3.61. The van der Waals surface area contributed by atoms with Crippen LogP contribution in [0.5, 0.6) is 0 Å². The summed E-state index contributed by atoms with van der Waals surface area (Å²) < 4.78 is 13.6. The minimum Gasteiger partial charge on any atom is -0.324 e. The number of benzene rings is 1. The summed E-state index contributed by atoms with van der Waals surface area (Å²) in [6.45, 7) is 0. The van der Waals surface area contributed by atoms with Crippen molar-refractivity contribution in [2.75, 3.05) is 0 Å². The lowest BCUT2D eigenvalue weighted by Crippen LogP contribution is -2.05. The predicted molar refractivity (Wildman–Crippen MR) is 53.6 cm³/mol. The highest BCUT2D eigenvalue weighted by Gasteiger charge is 2.32. The van der Waals surface area contributed by atoms with E-state index in [4.69, 9.17) is 5.73 Å². The van der Waals surface area contributed by atoms with E-state index in [1.54, 1.807) is 6.07 Å². The van der Waals surface area contributed by atoms with Gasteiger partial charge >= 0.3 is 0 Å². The predicted octanol–water partition coefficient (Wildman–Crippen LogP) is 2.65. The molecule has 2 heteroatoms. The van der Waals surface area contributed by atoms with Crippen molar-refractivity contribution in [3.8, 4) is 0 Å². The molecule has 74 valence electrons. The number of hydrogen-bond acceptors (Lipinski definition) is 1. The Morgan fingerprint density at radius 2 is 2.00 bits per heavy atom. The van der Waals surface area contributed by atoms with Gasteiger partial charge in [0, 0.05) is 6.04 Å². The van der Waals surface area contributed by atoms with Gasteiger partial charge in [0.2, 0.25) is 0 Å². The fourth-order valence-electron chi connectivity index (χ4n) is 2.55. The van der Waals surface area contributed by atoms with Gasteiger partial charge in [-0.15, -0.1) is 0 Å². The average molecular weight is 191 g/mol. The Balaban J connectivity index is 2.17. The number of nitrogens with two attached hydrogens (primary N) is 1. The van der Waals surface area contributed by atoms with Gasteiger partial charge in [0.05, 0.1) is 0 Å². The number of fused-ring (bicyclic) bond motifs is 1. The van der Waals surface area contributed by atoms with Gasteiger partial charge in [0.1, 0.15) is 5.82 Å². The number of rotatable bonds is 1. The summed E-state index contributed by atoms with van der Waals surface area (Å²) in [6.07, 6.45) is 4.27. The monoisotopic (exact) mass is 191 g/mol. The fraction of sp³-hybridized carbons (Fsp3) is 0.500. The lowest BCUT2D eigenvalue weighted by molar-refractivity contribution is 0.607. The molecule has 1 unspecified atom stereocenters. The highest BCUT2D eigenvalue weighted by atomic mass is 19.1. The van der Waals surface area contributed by atoms with E-state index in [2.05, 4.69) is 0 Å². The maximum atomic E-state index is 13.6. The zero-order valence-electron chi connectivity index (χ0n) is 8.09. The van der Waals surface area contributed by atoms with Crippen molar-refractivity contribution in [3.05, 3.63) is 34.6 Å². The molecule has 1 nitrogen and oxygen atoms in total. The Labute approximate surface area is 83.1 Å². The van der Waals surface area contributed by atoms with E-state index in [0.29, 0.717) is 5.92 Å². The third-order valence-corrected chi connectivity index (χ3v) is 3.43. The van der Waals surface area contributed by atoms with Gasteiger partial charge in [-0.2, -0.15) is 0 Å². The van der Waals surface area contributed by atoms with Gasteiger partial charge in [-0.05, 0) is 54.4 Å². The molecule has 1 aromatic rings. The average Bonchev–Trinajstić information content (AvgIpc) is 2.92. The van der Waals surface area contributed by atoms with Crippen molar-refractivity contribution in [2.45, 2.75) is 37.6 Å². The maximum Gasteiger partial charge on any atom is 0.126 e. The number of hydrogen-bond donors (Lipinski definition) is 1. The highest BCUT2D eigenvalue weighted by molar-refractivity contribution is 5.44. The van der Waals surface area contributed by atoms with E-state index in [1.807, 2.05) is 6.07 Å². The molecule has 2 aliphatic carbocycles. The third-order valence-electron chi connectivity index (χ3n) is 3.43. The second kappa shape index (κ2) is 2.80. The van der Waals surface area contributed by atoms with E-state index in [9.17, 15) is 4.39 Å². The zero-order chi connectivity index (χ0) is 9.71. The van der Waals surface area contributed by atoms with Crippen LogP contribution in [0.15, 0.2) is 12.1 Å². The molecule has 0 aliphatic heterocycles. The van der Waals surface area contributed by atoms with Gasteiger partial charge in [0.25, 0.3) is 0 Å². The molecule has 0 aromatic heterocycles. The summed E-state index contributed by atoms with van der Waals surface area (Å²) in [7, 11) is 0. The van der Waals surface area contributed by atoms with Crippen molar-refractivity contribution < 1.29 is 4.39 Å². The molecule has 0 spiro atoms. The highest BCUT2D eigenvalue weighted by Crippen LogP contribution is 2.46. The van der Waals surface area contributed by atoms with Gasteiger partial charge in [-0.1, -0.05) is 6.07 Å². The number of halogens is 1. The third kappa shape index (κ3) is 1.10. The quantitative estimate of drug-likeness (QED) is 0.725. The molecule has 1 aromatic carbocycles. The van der Waals surface area contributed by atoms with Gasteiger partial charge in [-0.25, -0.2) is 4.39 Å². The molecule has 1 atom stereocenters. The van der Waals surface area contributed by atoms with Gasteiger partial charge in [-0.3, -0.25) is 0 Å². The van der Waals surface area contributed by atoms with Crippen molar-refractivity contribution >= 4 is 0 Å². The molecule has 0 heterocycles. The molecule has 0 radical (unpaired) electrons. The standard InChI is InChI=1S/C12H14FN/c13-10-5-3-8-9(4-6-11(8)14)12(10)7-1-2-7/h3,5,7,11H,1-2,4,6,14H2. The molecule has 1 saturated carbocycles. The van der Waals surface area contributed by atoms with Gasteiger partial charge < -0.3 is 5.73 Å². The fourth-order valence-corrected chi connectivity index (χ4v) is 2.55. The van der Waals surface area contributed by atoms with Crippen LogP contribution in [0.4, 0.5) is 4.39 Å². The second-order valence-electron chi connectivity index (χ2n) is 4.45. The molecule has 0 amide bonds. The topological polar surface area (TPSA) is 26.0 Å². The normalized spacial score (nSPS) is 25.1. The summed E-state index contributed by atoms with van der Waals surface area (Å²) >= 11 is 0. The van der Waals surface area contributed by atoms with Crippen LogP contribution in [0.3, 0.4) is 0 Å². The Bertz CT molecular complexity index is 382. The first-order valence-corrected chi connectivity index (χ1v) is 5.34. The minimum atomic E-state index is -0.0136. The molecule has 0 saturated heterocycles. The van der Waals surface area contributed by atoms with E-state index in [-0.39, 0.29) is 11.9 Å². The largest absolute Gasteiger partial charge is 0.324 e. The van der Waals surface area contributed by atoms with Gasteiger partial charge in [0.15, 0.2) is 0 Å². The molecule has 14 heavy (non-hydrogen) atoms. The van der Waals surface area contributed by atoms with Crippen LogP contribution in [0.1, 0.15) is 47.9 Å². The first-order valence-electron chi connectivity index (χ1n) is 5.34. The lowest BCUT2D eigenvalue weighted by atomic mass is 9.98. The smallest absolute Gasteiger partial charge is 0.126 e. The summed E-state index contributed by atoms with van der Waals surface area (Å²) in [4.78, 5) is 0. The lowest BCUT2D eigenvalue weighted by Gasteiger charge is -2.10. The van der Waals surface area contributed by atoms with Crippen LogP contribution in [0.25, 0.3) is 0 Å². The van der Waals surface area contributed by atoms with E-state index >= 15 is 0 Å². The van der Waals surface area contributed by atoms with Crippen molar-refractivity contribution in [1.29, 1.82) is 0 Å². The molecular weight excluding hydrogens is 177 g/mol. The van der Waals surface area contributed by atoms with Crippen LogP contribution in [0.2, 0.25) is 0 Å². The Kier molecular flexibility index (Phi) is 1.68. The van der Waals surface area contributed by atoms with E-state index in [0.717, 1.165) is 31.2 Å². The SMILES string of the molecule is NC1CCc2c1ccc(F)c2C1CC1. The van der Waals surface area contributed by atoms with Crippen molar-refractivity contribution in [1.82, 2.24) is 0 Å². The van der Waals surface area contributed by atoms with E-state index in [1.165, 1.54) is 11.1 Å². The Morgan fingerprint density at radius 1 is 1.21 bits per heavy atom. The van der Waals surface area contributed by atoms with Crippen LogP contribution < -0.4 is 5.73 Å². The summed E-state index contributed by atoms with van der Waals surface area (Å²) in [5.74, 6) is 0.482. The van der Waals surface area contributed by atoms with Crippen molar-refractivity contribution in [3.63, 3.8) is 0 Å². The summed E-state index contributed by atoms with van der Waals surface area (Å²) in [5, 5.41) is 0. The van der Waals surface area contributed by atoms with Crippen LogP contribution >= 0.6 is 0 Å². The molecule has 1 fully saturated rings. The molecule has 2 aliphatic rings. The molecular formula is C12H14FN. The van der Waals surface area contributed by atoms with E-state index < -0.39 is 0 Å². The second-order valence-corrected chi connectivity index (χ2v) is 4.45. The molecule has 2 N–H and O–H groups in total. The van der Waals surface area contributed by atoms with Crippen LogP contribution in [0, 0.1) is 5.82 Å². The first-order chi connectivity index (χ1) is 6.77. The molecule has 3 rings (SSSR count). The first kappa shape index (κ1) is 8.42. The van der Waals surface area contributed by atoms with Crippen LogP contribution in [-0.4, -0.2) is 0 Å². The maximum absolute atomic E-state index is 13.6. The Hall–Kier alpha value is -0.890. The zero-order valence-corrected chi connectivity index (χ0v) is 8.09. The van der Waals surface area contributed by atoms with Crippen LogP contribution in [-0.2, 0) is 6.42 Å². The summed E-state index contributed by atoms with van der Waals surface area (Å²) in [5.41, 5.74) is 9.36. The molecule has 0 bridgehead atoms.